The number of fused-ring (bicyclic) bond motifs is 3. The second-order valence-electron chi connectivity index (χ2n) is 9.77. The summed E-state index contributed by atoms with van der Waals surface area (Å²) in [5, 5.41) is 47.4. The number of Topliss-reactive ketones (excluding diaryl/α,β-unsaturated/α-hetero) is 2. The Kier molecular flexibility index (Phi) is 6.18. The SMILES string of the molecule is CO/N=C/c1cc(-c2ccc(O)c3c2C[C@H]2C[C@H]4CC(O)=C(C(N)=O)C(=O)[C@@]4(O)C(O)=C2C3=O)ccc1OC. The smallest absolute Gasteiger partial charge is 0.255 e. The topological polar surface area (TPSA) is 189 Å². The van der Waals surface area contributed by atoms with E-state index in [1.807, 2.05) is 0 Å². The molecule has 1 amide bonds. The number of hydrogen-bond donors (Lipinski definition) is 5. The molecule has 0 aromatic heterocycles. The fraction of sp³-hybridized carbons (Fsp3) is 0.286. The second-order valence-corrected chi connectivity index (χ2v) is 9.77. The van der Waals surface area contributed by atoms with Gasteiger partial charge < -0.3 is 35.7 Å². The molecule has 11 nitrogen and oxygen atoms in total. The maximum absolute atomic E-state index is 13.8. The van der Waals surface area contributed by atoms with E-state index in [1.54, 1.807) is 24.3 Å². The molecule has 3 aliphatic carbocycles. The molecule has 11 heteroatoms. The van der Waals surface area contributed by atoms with E-state index in [4.69, 9.17) is 15.3 Å². The van der Waals surface area contributed by atoms with Crippen molar-refractivity contribution < 1.29 is 44.4 Å². The number of aliphatic hydroxyl groups excluding tert-OH is 2. The normalized spacial score (nSPS) is 24.4. The fourth-order valence-electron chi connectivity index (χ4n) is 6.00. The first-order valence-electron chi connectivity index (χ1n) is 12.1. The number of rotatable bonds is 5. The predicted octanol–water partition coefficient (Wildman–Crippen LogP) is 2.24. The van der Waals surface area contributed by atoms with Gasteiger partial charge in [0.1, 0.15) is 35.7 Å². The first-order chi connectivity index (χ1) is 18.5. The summed E-state index contributed by atoms with van der Waals surface area (Å²) in [7, 11) is 2.92. The van der Waals surface area contributed by atoms with Crippen molar-refractivity contribution in [2.45, 2.75) is 24.9 Å². The Morgan fingerprint density at radius 1 is 1.13 bits per heavy atom. The highest BCUT2D eigenvalue weighted by Crippen LogP contribution is 2.52. The minimum Gasteiger partial charge on any atom is -0.511 e. The zero-order chi connectivity index (χ0) is 28.2. The van der Waals surface area contributed by atoms with E-state index >= 15 is 0 Å². The maximum atomic E-state index is 13.8. The van der Waals surface area contributed by atoms with Crippen LogP contribution in [0.1, 0.15) is 34.3 Å². The third kappa shape index (κ3) is 3.76. The van der Waals surface area contributed by atoms with E-state index in [0.717, 1.165) is 0 Å². The van der Waals surface area contributed by atoms with Crippen molar-refractivity contribution in [2.75, 3.05) is 14.2 Å². The summed E-state index contributed by atoms with van der Waals surface area (Å²) in [6, 6.07) is 8.33. The number of methoxy groups -OCH3 is 1. The molecule has 3 atom stereocenters. The average Bonchev–Trinajstić information content (AvgIpc) is 2.89. The van der Waals surface area contributed by atoms with Crippen LogP contribution in [0.2, 0.25) is 0 Å². The molecule has 0 aliphatic heterocycles. The molecule has 0 fully saturated rings. The van der Waals surface area contributed by atoms with Crippen molar-refractivity contribution in [1.29, 1.82) is 0 Å². The molecule has 2 aromatic carbocycles. The Morgan fingerprint density at radius 3 is 2.54 bits per heavy atom. The summed E-state index contributed by atoms with van der Waals surface area (Å²) < 4.78 is 5.38. The third-order valence-electron chi connectivity index (χ3n) is 7.78. The van der Waals surface area contributed by atoms with Gasteiger partial charge >= 0.3 is 0 Å². The van der Waals surface area contributed by atoms with Crippen molar-refractivity contribution in [3.63, 3.8) is 0 Å². The number of nitrogens with two attached hydrogens (primary N) is 1. The first kappa shape index (κ1) is 26.0. The first-order valence-corrected chi connectivity index (χ1v) is 12.1. The van der Waals surface area contributed by atoms with E-state index in [2.05, 4.69) is 5.16 Å². The number of oxime groups is 1. The summed E-state index contributed by atoms with van der Waals surface area (Å²) in [5.41, 5.74) is 4.01. The van der Waals surface area contributed by atoms with Crippen LogP contribution in [-0.2, 0) is 20.8 Å². The summed E-state index contributed by atoms with van der Waals surface area (Å²) in [5.74, 6) is -6.14. The number of hydrogen-bond acceptors (Lipinski definition) is 10. The Hall–Kier alpha value is -4.64. The molecular formula is C28H26N2O9. The van der Waals surface area contributed by atoms with Crippen LogP contribution in [0.3, 0.4) is 0 Å². The van der Waals surface area contributed by atoms with Crippen LogP contribution < -0.4 is 10.5 Å². The average molecular weight is 535 g/mol. The lowest BCUT2D eigenvalue weighted by Crippen LogP contribution is -2.57. The molecule has 0 saturated carbocycles. The number of aromatic hydroxyl groups is 1. The van der Waals surface area contributed by atoms with Gasteiger partial charge in [-0.2, -0.15) is 0 Å². The van der Waals surface area contributed by atoms with Crippen molar-refractivity contribution in [2.24, 2.45) is 22.7 Å². The number of carbonyl (C=O) groups is 3. The highest BCUT2D eigenvalue weighted by molar-refractivity contribution is 6.24. The number of ether oxygens (including phenoxy) is 1. The number of amides is 1. The van der Waals surface area contributed by atoms with Crippen molar-refractivity contribution >= 4 is 23.7 Å². The van der Waals surface area contributed by atoms with E-state index in [1.165, 1.54) is 26.5 Å². The maximum Gasteiger partial charge on any atom is 0.255 e. The summed E-state index contributed by atoms with van der Waals surface area (Å²) >= 11 is 0. The summed E-state index contributed by atoms with van der Waals surface area (Å²) in [6.07, 6.45) is 1.42. The molecule has 202 valence electrons. The van der Waals surface area contributed by atoms with Gasteiger partial charge in [0.25, 0.3) is 5.91 Å². The second kappa shape index (κ2) is 9.28. The number of phenolic OH excluding ortho intramolecular Hbond substituents is 1. The van der Waals surface area contributed by atoms with E-state index in [9.17, 15) is 34.8 Å². The van der Waals surface area contributed by atoms with Gasteiger partial charge in [-0.15, -0.1) is 0 Å². The van der Waals surface area contributed by atoms with Gasteiger partial charge in [0.15, 0.2) is 11.4 Å². The van der Waals surface area contributed by atoms with Gasteiger partial charge in [0.2, 0.25) is 5.78 Å². The highest BCUT2D eigenvalue weighted by Gasteiger charge is 2.59. The van der Waals surface area contributed by atoms with Crippen LogP contribution in [0.15, 0.2) is 58.2 Å². The molecule has 3 aliphatic rings. The van der Waals surface area contributed by atoms with E-state index in [-0.39, 0.29) is 36.1 Å². The number of allylic oxidation sites excluding steroid dienone is 2. The predicted molar refractivity (Wildman–Crippen MR) is 137 cm³/mol. The number of aliphatic hydroxyl groups is 3. The van der Waals surface area contributed by atoms with Gasteiger partial charge in [-0.25, -0.2) is 0 Å². The Balaban J connectivity index is 1.66. The Morgan fingerprint density at radius 2 is 1.87 bits per heavy atom. The molecule has 6 N–H and O–H groups in total. The molecule has 39 heavy (non-hydrogen) atoms. The van der Waals surface area contributed by atoms with Crippen LogP contribution >= 0.6 is 0 Å². The van der Waals surface area contributed by atoms with Crippen LogP contribution in [0.5, 0.6) is 11.5 Å². The number of carbonyl (C=O) groups excluding carboxylic acids is 3. The minimum absolute atomic E-state index is 0.0480. The molecular weight excluding hydrogens is 508 g/mol. The Labute approximate surface area is 222 Å². The summed E-state index contributed by atoms with van der Waals surface area (Å²) in [4.78, 5) is 43.4. The number of ketones is 2. The molecule has 0 unspecified atom stereocenters. The quantitative estimate of drug-likeness (QED) is 0.218. The van der Waals surface area contributed by atoms with Gasteiger partial charge in [0.05, 0.1) is 18.9 Å². The lowest BCUT2D eigenvalue weighted by atomic mass is 9.60. The van der Waals surface area contributed by atoms with Crippen LogP contribution in [0.4, 0.5) is 0 Å². The van der Waals surface area contributed by atoms with Crippen molar-refractivity contribution in [3.05, 3.63) is 69.7 Å². The largest absolute Gasteiger partial charge is 0.511 e. The monoisotopic (exact) mass is 534 g/mol. The Bertz CT molecular complexity index is 1540. The molecule has 0 saturated heterocycles. The molecule has 0 bridgehead atoms. The molecule has 5 rings (SSSR count). The standard InChI is InChI=1S/C28H26N2O9/c1-38-20-6-3-12(7-14(20)11-30-39-2)16-4-5-18(31)22-17(16)9-13-8-15-10-19(32)23(27(29)36)26(35)28(15,37)25(34)21(13)24(22)33/h3-7,11,13,15,31-32,34,37H,8-10H2,1-2H3,(H2,29,36)/b30-11+/t13-,15+,28+/m1/s1. The zero-order valence-corrected chi connectivity index (χ0v) is 21.1. The molecule has 2 aromatic rings. The number of phenols is 1. The van der Waals surface area contributed by atoms with E-state index < -0.39 is 52.0 Å². The van der Waals surface area contributed by atoms with Gasteiger partial charge in [-0.3, -0.25) is 14.4 Å². The van der Waals surface area contributed by atoms with E-state index in [0.29, 0.717) is 28.0 Å². The number of nitrogens with zero attached hydrogens (tertiary/aromatic N) is 1. The number of benzene rings is 2. The van der Waals surface area contributed by atoms with Crippen LogP contribution in [0, 0.1) is 11.8 Å². The fourth-order valence-corrected chi connectivity index (χ4v) is 6.00. The van der Waals surface area contributed by atoms with Gasteiger partial charge in [-0.05, 0) is 53.6 Å². The van der Waals surface area contributed by atoms with Crippen molar-refractivity contribution in [3.8, 4) is 22.6 Å². The zero-order valence-electron chi connectivity index (χ0n) is 21.1. The molecule has 0 spiro atoms. The highest BCUT2D eigenvalue weighted by atomic mass is 16.6. The lowest BCUT2D eigenvalue weighted by Gasteiger charge is -2.45. The number of primary amides is 1. The van der Waals surface area contributed by atoms with Gasteiger partial charge in [-0.1, -0.05) is 17.3 Å². The van der Waals surface area contributed by atoms with Crippen LogP contribution in [0.25, 0.3) is 11.1 Å². The van der Waals surface area contributed by atoms with Crippen molar-refractivity contribution in [1.82, 2.24) is 0 Å². The van der Waals surface area contributed by atoms with Crippen LogP contribution in [-0.4, -0.2) is 63.9 Å². The molecule has 0 heterocycles. The summed E-state index contributed by atoms with van der Waals surface area (Å²) in [6.45, 7) is 0. The lowest BCUT2D eigenvalue weighted by molar-refractivity contribution is -0.144. The minimum atomic E-state index is -2.60. The third-order valence-corrected chi connectivity index (χ3v) is 7.78. The van der Waals surface area contributed by atoms with Gasteiger partial charge in [0, 0.05) is 23.5 Å². The molecule has 0 radical (unpaired) electrons.